The van der Waals surface area contributed by atoms with E-state index in [1.807, 2.05) is 48.5 Å². The van der Waals surface area contributed by atoms with E-state index >= 15 is 0 Å². The van der Waals surface area contributed by atoms with E-state index in [0.717, 1.165) is 35.5 Å². The van der Waals surface area contributed by atoms with E-state index < -0.39 is 0 Å². The molecule has 0 unspecified atom stereocenters. The first kappa shape index (κ1) is 20.8. The first-order valence-electron chi connectivity index (χ1n) is 10.7. The van der Waals surface area contributed by atoms with Crippen LogP contribution in [0, 0.1) is 0 Å². The number of hydrogen-bond acceptors (Lipinski definition) is 6. The molecular formula is C25H30N6. The first-order valence-corrected chi connectivity index (χ1v) is 10.7. The Hall–Kier alpha value is -3.51. The second kappa shape index (κ2) is 9.53. The molecule has 1 fully saturated rings. The summed E-state index contributed by atoms with van der Waals surface area (Å²) in [7, 11) is 0. The summed E-state index contributed by atoms with van der Waals surface area (Å²) in [6.45, 7) is 2.74. The van der Waals surface area contributed by atoms with Gasteiger partial charge in [0.1, 0.15) is 0 Å². The van der Waals surface area contributed by atoms with Gasteiger partial charge in [-0.05, 0) is 55.2 Å². The summed E-state index contributed by atoms with van der Waals surface area (Å²) >= 11 is 0. The fourth-order valence-electron chi connectivity index (χ4n) is 3.97. The van der Waals surface area contributed by atoms with Gasteiger partial charge < -0.3 is 21.4 Å². The number of piperidine rings is 1. The van der Waals surface area contributed by atoms with Crippen molar-refractivity contribution >= 4 is 17.1 Å². The number of nitrogens with zero attached hydrogens (tertiary/aromatic N) is 3. The zero-order chi connectivity index (χ0) is 21.6. The maximum atomic E-state index is 6.35. The third-order valence-corrected chi connectivity index (χ3v) is 5.64. The van der Waals surface area contributed by atoms with Crippen molar-refractivity contribution in [2.45, 2.75) is 25.8 Å². The van der Waals surface area contributed by atoms with Crippen LogP contribution in [-0.2, 0) is 6.54 Å². The molecule has 1 aliphatic rings. The fourth-order valence-corrected chi connectivity index (χ4v) is 3.97. The van der Waals surface area contributed by atoms with Crippen molar-refractivity contribution < 1.29 is 0 Å². The standard InChI is InChI=1S/C25H30N6/c26-23-10-9-21(30-13-5-2-6-14-30)16-22(23)25-15-20(11-12-29-25)24(27)18-31(28)17-19-7-3-1-4-8-19/h1,3-4,7-12,15-16,18H,2,5-6,13-14,17,26-28H2/b24-18-. The fraction of sp³-hybridized carbons (Fsp3) is 0.240. The first-order chi connectivity index (χ1) is 15.1. The quantitative estimate of drug-likeness (QED) is 0.321. The summed E-state index contributed by atoms with van der Waals surface area (Å²) in [6, 6.07) is 20.1. The molecule has 1 aliphatic heterocycles. The van der Waals surface area contributed by atoms with Crippen LogP contribution in [0.1, 0.15) is 30.4 Å². The predicted molar refractivity (Wildman–Crippen MR) is 128 cm³/mol. The minimum Gasteiger partial charge on any atom is -0.398 e. The molecule has 6 heteroatoms. The zero-order valence-corrected chi connectivity index (χ0v) is 17.7. The van der Waals surface area contributed by atoms with Crippen LogP contribution in [0.3, 0.4) is 0 Å². The van der Waals surface area contributed by atoms with E-state index in [2.05, 4.69) is 22.0 Å². The number of rotatable bonds is 6. The monoisotopic (exact) mass is 414 g/mol. The zero-order valence-electron chi connectivity index (χ0n) is 17.7. The van der Waals surface area contributed by atoms with Crippen molar-refractivity contribution in [3.63, 3.8) is 0 Å². The maximum Gasteiger partial charge on any atom is 0.0730 e. The van der Waals surface area contributed by atoms with E-state index in [9.17, 15) is 0 Å². The van der Waals surface area contributed by atoms with E-state index in [4.69, 9.17) is 17.3 Å². The molecule has 6 N–H and O–H groups in total. The molecule has 0 spiro atoms. The van der Waals surface area contributed by atoms with Gasteiger partial charge >= 0.3 is 0 Å². The Morgan fingerprint density at radius 3 is 2.55 bits per heavy atom. The van der Waals surface area contributed by atoms with Gasteiger partial charge in [0.25, 0.3) is 0 Å². The van der Waals surface area contributed by atoms with Crippen LogP contribution < -0.4 is 22.2 Å². The van der Waals surface area contributed by atoms with Crippen molar-refractivity contribution in [2.75, 3.05) is 23.7 Å². The lowest BCUT2D eigenvalue weighted by atomic mass is 10.0. The molecule has 2 heterocycles. The molecule has 0 aliphatic carbocycles. The van der Waals surface area contributed by atoms with Crippen molar-refractivity contribution in [3.05, 3.63) is 84.2 Å². The summed E-state index contributed by atoms with van der Waals surface area (Å²) in [5.41, 5.74) is 18.8. The molecule has 0 radical (unpaired) electrons. The van der Waals surface area contributed by atoms with Crippen LogP contribution in [0.5, 0.6) is 0 Å². The minimum atomic E-state index is 0.574. The lowest BCUT2D eigenvalue weighted by Crippen LogP contribution is -2.29. The highest BCUT2D eigenvalue weighted by atomic mass is 15.4. The number of anilines is 2. The van der Waals surface area contributed by atoms with Gasteiger partial charge in [-0.3, -0.25) is 4.98 Å². The van der Waals surface area contributed by atoms with Gasteiger partial charge in [0, 0.05) is 48.0 Å². The van der Waals surface area contributed by atoms with Crippen LogP contribution in [0.25, 0.3) is 17.0 Å². The van der Waals surface area contributed by atoms with Crippen LogP contribution >= 0.6 is 0 Å². The Labute approximate surface area is 183 Å². The van der Waals surface area contributed by atoms with Gasteiger partial charge in [-0.2, -0.15) is 0 Å². The molecular weight excluding hydrogens is 384 g/mol. The molecule has 0 atom stereocenters. The van der Waals surface area contributed by atoms with Crippen molar-refractivity contribution in [2.24, 2.45) is 11.6 Å². The number of benzene rings is 2. The van der Waals surface area contributed by atoms with Crippen LogP contribution in [0.4, 0.5) is 11.4 Å². The average Bonchev–Trinajstić information content (AvgIpc) is 2.80. The van der Waals surface area contributed by atoms with Crippen molar-refractivity contribution in [3.8, 4) is 11.3 Å². The molecule has 0 saturated carbocycles. The number of nitrogen functional groups attached to an aromatic ring is 1. The number of aromatic nitrogens is 1. The van der Waals surface area contributed by atoms with Crippen LogP contribution in [0.2, 0.25) is 0 Å². The number of hydrazine groups is 1. The molecule has 31 heavy (non-hydrogen) atoms. The average molecular weight is 415 g/mol. The lowest BCUT2D eigenvalue weighted by Gasteiger charge is -2.29. The Balaban J connectivity index is 1.56. The van der Waals surface area contributed by atoms with E-state index in [1.165, 1.54) is 24.9 Å². The van der Waals surface area contributed by atoms with Crippen LogP contribution in [-0.4, -0.2) is 23.1 Å². The highest BCUT2D eigenvalue weighted by molar-refractivity contribution is 5.79. The molecule has 0 bridgehead atoms. The van der Waals surface area contributed by atoms with Gasteiger partial charge in [0.15, 0.2) is 0 Å². The summed E-state index contributed by atoms with van der Waals surface area (Å²) in [5.74, 6) is 6.16. The van der Waals surface area contributed by atoms with Crippen molar-refractivity contribution in [1.82, 2.24) is 9.99 Å². The molecule has 160 valence electrons. The highest BCUT2D eigenvalue weighted by Gasteiger charge is 2.14. The Bertz CT molecular complexity index is 1040. The van der Waals surface area contributed by atoms with Gasteiger partial charge in [-0.1, -0.05) is 30.3 Å². The Morgan fingerprint density at radius 2 is 1.77 bits per heavy atom. The molecule has 2 aromatic carbocycles. The summed E-state index contributed by atoms with van der Waals surface area (Å²) < 4.78 is 0. The summed E-state index contributed by atoms with van der Waals surface area (Å²) in [6.07, 6.45) is 7.27. The number of pyridine rings is 1. The Kier molecular flexibility index (Phi) is 6.38. The minimum absolute atomic E-state index is 0.574. The van der Waals surface area contributed by atoms with Gasteiger partial charge in [0.05, 0.1) is 17.9 Å². The normalized spacial score (nSPS) is 14.5. The van der Waals surface area contributed by atoms with Gasteiger partial charge in [-0.15, -0.1) is 0 Å². The van der Waals surface area contributed by atoms with Crippen molar-refractivity contribution in [1.29, 1.82) is 0 Å². The van der Waals surface area contributed by atoms with Gasteiger partial charge in [-0.25, -0.2) is 5.84 Å². The molecule has 6 nitrogen and oxygen atoms in total. The third kappa shape index (κ3) is 5.16. The molecule has 1 saturated heterocycles. The topological polar surface area (TPSA) is 97.4 Å². The predicted octanol–water partition coefficient (Wildman–Crippen LogP) is 3.95. The van der Waals surface area contributed by atoms with Gasteiger partial charge in [0.2, 0.25) is 0 Å². The summed E-state index contributed by atoms with van der Waals surface area (Å²) in [4.78, 5) is 6.98. The molecule has 3 aromatic rings. The Morgan fingerprint density at radius 1 is 1.00 bits per heavy atom. The van der Waals surface area contributed by atoms with Crippen LogP contribution in [0.15, 0.2) is 73.1 Å². The SMILES string of the molecule is N/C(=C\N(N)Cc1ccccc1)c1ccnc(-c2cc(N3CCCCC3)ccc2N)c1. The molecule has 4 rings (SSSR count). The smallest absolute Gasteiger partial charge is 0.0730 e. The number of nitrogens with two attached hydrogens (primary N) is 3. The van der Waals surface area contributed by atoms with E-state index in [-0.39, 0.29) is 0 Å². The van der Waals surface area contributed by atoms with E-state index in [1.54, 1.807) is 17.4 Å². The lowest BCUT2D eigenvalue weighted by molar-refractivity contribution is 0.388. The third-order valence-electron chi connectivity index (χ3n) is 5.64. The second-order valence-electron chi connectivity index (χ2n) is 7.99. The van der Waals surface area contributed by atoms with E-state index in [0.29, 0.717) is 17.9 Å². The molecule has 1 aromatic heterocycles. The molecule has 0 amide bonds. The largest absolute Gasteiger partial charge is 0.398 e. The second-order valence-corrected chi connectivity index (χ2v) is 7.99. The highest BCUT2D eigenvalue weighted by Crippen LogP contribution is 2.31. The maximum absolute atomic E-state index is 6.35. The summed E-state index contributed by atoms with van der Waals surface area (Å²) in [5, 5.41) is 1.59. The number of hydrogen-bond donors (Lipinski definition) is 3.